The van der Waals surface area contributed by atoms with Crippen molar-refractivity contribution in [3.63, 3.8) is 0 Å². The Balaban J connectivity index is 1.71. The summed E-state index contributed by atoms with van der Waals surface area (Å²) in [6.07, 6.45) is 2.49. The number of benzene rings is 2. The summed E-state index contributed by atoms with van der Waals surface area (Å²) in [5.41, 5.74) is 10.8. The van der Waals surface area contributed by atoms with Crippen LogP contribution in [-0.2, 0) is 9.59 Å². The third-order valence-electron chi connectivity index (χ3n) is 5.04. The summed E-state index contributed by atoms with van der Waals surface area (Å²) in [4.78, 5) is 23.8. The summed E-state index contributed by atoms with van der Waals surface area (Å²) in [5, 5.41) is 7.47. The van der Waals surface area contributed by atoms with Gasteiger partial charge in [-0.1, -0.05) is 24.3 Å². The molecule has 2 rings (SSSR count). The van der Waals surface area contributed by atoms with E-state index in [9.17, 15) is 9.59 Å². The highest BCUT2D eigenvalue weighted by atomic mass is 16.5. The average Bonchev–Trinajstić information content (AvgIpc) is 2.76. The number of nitrogens with zero attached hydrogens (tertiary/aromatic N) is 2. The van der Waals surface area contributed by atoms with Gasteiger partial charge in [0, 0.05) is 0 Å². The fourth-order valence-corrected chi connectivity index (χ4v) is 2.92. The minimum atomic E-state index is -0.406. The van der Waals surface area contributed by atoms with Gasteiger partial charge in [-0.15, -0.1) is 0 Å². The van der Waals surface area contributed by atoms with Crippen molar-refractivity contribution in [3.8, 4) is 11.5 Å². The number of ether oxygens (including phenoxy) is 2. The predicted molar refractivity (Wildman–Crippen MR) is 126 cm³/mol. The lowest BCUT2D eigenvalue weighted by Crippen LogP contribution is -2.26. The maximum absolute atomic E-state index is 11.9. The molecule has 0 aromatic heterocycles. The van der Waals surface area contributed by atoms with Crippen LogP contribution in [0.15, 0.2) is 34.5 Å². The Morgan fingerprint density at radius 3 is 1.41 bits per heavy atom. The Labute approximate surface area is 188 Å². The van der Waals surface area contributed by atoms with Crippen molar-refractivity contribution in [1.82, 2.24) is 10.9 Å². The molecule has 2 aromatic carbocycles. The lowest BCUT2D eigenvalue weighted by molar-refractivity contribution is -0.123. The largest absolute Gasteiger partial charge is 0.483 e. The van der Waals surface area contributed by atoms with Gasteiger partial charge in [0.25, 0.3) is 11.8 Å². The first-order valence-corrected chi connectivity index (χ1v) is 10.2. The van der Waals surface area contributed by atoms with E-state index in [1.165, 1.54) is 12.4 Å². The highest BCUT2D eigenvalue weighted by Crippen LogP contribution is 2.26. The predicted octanol–water partition coefficient (Wildman–Crippen LogP) is 3.20. The molecule has 0 radical (unpaired) electrons. The Bertz CT molecular complexity index is 961. The van der Waals surface area contributed by atoms with Gasteiger partial charge in [-0.3, -0.25) is 9.59 Å². The van der Waals surface area contributed by atoms with Crippen molar-refractivity contribution in [2.75, 3.05) is 13.2 Å². The maximum atomic E-state index is 11.9. The second kappa shape index (κ2) is 11.6. The molecular weight excluding hydrogens is 408 g/mol. The van der Waals surface area contributed by atoms with Crippen LogP contribution < -0.4 is 20.3 Å². The molecule has 2 amide bonds. The normalized spacial score (nSPS) is 11.1. The van der Waals surface area contributed by atoms with E-state index in [0.717, 1.165) is 33.4 Å². The standard InChI is InChI=1S/C24H30N4O4/c1-15-7-9-17(3)23(19(15)5)31-13-21(29)27-25-11-12-26-28-22(30)14-32-24-18(4)10-8-16(2)20(24)6/h7-12H,13-14H2,1-6H3,(H,27,29)(H,28,30). The van der Waals surface area contributed by atoms with Crippen molar-refractivity contribution in [2.24, 2.45) is 10.2 Å². The van der Waals surface area contributed by atoms with Gasteiger partial charge in [0.1, 0.15) is 11.5 Å². The molecule has 0 spiro atoms. The third kappa shape index (κ3) is 6.94. The van der Waals surface area contributed by atoms with Crippen molar-refractivity contribution < 1.29 is 19.1 Å². The lowest BCUT2D eigenvalue weighted by atomic mass is 10.1. The van der Waals surface area contributed by atoms with E-state index in [2.05, 4.69) is 21.1 Å². The Morgan fingerprint density at radius 1 is 0.688 bits per heavy atom. The SMILES string of the molecule is Cc1ccc(C)c(OCC(=O)NN=CC=NNC(=O)COc2c(C)ccc(C)c2C)c1C. The van der Waals surface area contributed by atoms with Crippen LogP contribution in [0.4, 0.5) is 0 Å². The number of rotatable bonds is 9. The number of amides is 2. The highest BCUT2D eigenvalue weighted by Gasteiger charge is 2.10. The van der Waals surface area contributed by atoms with E-state index < -0.39 is 11.8 Å². The van der Waals surface area contributed by atoms with Gasteiger partial charge in [0.15, 0.2) is 13.2 Å². The van der Waals surface area contributed by atoms with Crippen molar-refractivity contribution in [3.05, 3.63) is 57.6 Å². The number of carbonyl (C=O) groups is 2. The zero-order valence-corrected chi connectivity index (χ0v) is 19.4. The Kier molecular flexibility index (Phi) is 8.95. The van der Waals surface area contributed by atoms with Crippen LogP contribution in [0.5, 0.6) is 11.5 Å². The molecule has 8 heteroatoms. The number of aryl methyl sites for hydroxylation is 4. The molecule has 0 saturated carbocycles. The van der Waals surface area contributed by atoms with E-state index in [-0.39, 0.29) is 13.2 Å². The molecule has 0 bridgehead atoms. The minimum absolute atomic E-state index is 0.161. The fraction of sp³-hybridized carbons (Fsp3) is 0.333. The second-order valence-electron chi connectivity index (χ2n) is 7.51. The molecular formula is C24H30N4O4. The molecule has 0 heterocycles. The molecule has 0 aliphatic heterocycles. The van der Waals surface area contributed by atoms with E-state index in [1.807, 2.05) is 65.8 Å². The van der Waals surface area contributed by atoms with Crippen molar-refractivity contribution in [2.45, 2.75) is 41.5 Å². The van der Waals surface area contributed by atoms with Crippen LogP contribution in [0.3, 0.4) is 0 Å². The van der Waals surface area contributed by atoms with E-state index in [1.54, 1.807) is 0 Å². The second-order valence-corrected chi connectivity index (χ2v) is 7.51. The van der Waals surface area contributed by atoms with Crippen LogP contribution >= 0.6 is 0 Å². The summed E-state index contributed by atoms with van der Waals surface area (Å²) in [5.74, 6) is 0.589. The maximum Gasteiger partial charge on any atom is 0.277 e. The van der Waals surface area contributed by atoms with E-state index in [4.69, 9.17) is 9.47 Å². The zero-order chi connectivity index (χ0) is 23.7. The molecule has 0 aliphatic carbocycles. The highest BCUT2D eigenvalue weighted by molar-refractivity contribution is 6.16. The summed E-state index contributed by atoms with van der Waals surface area (Å²) in [6.45, 7) is 11.4. The molecule has 0 atom stereocenters. The monoisotopic (exact) mass is 438 g/mol. The molecule has 2 aromatic rings. The molecule has 0 saturated heterocycles. The van der Waals surface area contributed by atoms with Crippen molar-refractivity contribution >= 4 is 24.2 Å². The fourth-order valence-electron chi connectivity index (χ4n) is 2.92. The Morgan fingerprint density at radius 2 is 1.03 bits per heavy atom. The van der Waals surface area contributed by atoms with Crippen LogP contribution in [0, 0.1) is 41.5 Å². The number of hydrogen-bond donors (Lipinski definition) is 2. The topological polar surface area (TPSA) is 101 Å². The van der Waals surface area contributed by atoms with Crippen LogP contribution in [0.2, 0.25) is 0 Å². The molecule has 8 nitrogen and oxygen atoms in total. The molecule has 170 valence electrons. The van der Waals surface area contributed by atoms with Gasteiger partial charge < -0.3 is 9.47 Å². The summed E-state index contributed by atoms with van der Waals surface area (Å²) in [6, 6.07) is 7.92. The molecule has 32 heavy (non-hydrogen) atoms. The number of hydrogen-bond acceptors (Lipinski definition) is 6. The zero-order valence-electron chi connectivity index (χ0n) is 19.4. The smallest absolute Gasteiger partial charge is 0.277 e. The summed E-state index contributed by atoms with van der Waals surface area (Å²) >= 11 is 0. The van der Waals surface area contributed by atoms with Gasteiger partial charge in [-0.25, -0.2) is 10.9 Å². The molecule has 2 N–H and O–H groups in total. The summed E-state index contributed by atoms with van der Waals surface area (Å²) in [7, 11) is 0. The van der Waals surface area contributed by atoms with Gasteiger partial charge in [0.05, 0.1) is 12.4 Å². The average molecular weight is 439 g/mol. The first-order chi connectivity index (χ1) is 15.2. The van der Waals surface area contributed by atoms with Gasteiger partial charge in [0.2, 0.25) is 0 Å². The van der Waals surface area contributed by atoms with Crippen LogP contribution in [0.25, 0.3) is 0 Å². The first kappa shape index (κ1) is 24.6. The number of carbonyl (C=O) groups excluding carboxylic acids is 2. The number of nitrogens with one attached hydrogen (secondary N) is 2. The van der Waals surface area contributed by atoms with Gasteiger partial charge >= 0.3 is 0 Å². The lowest BCUT2D eigenvalue weighted by Gasteiger charge is -2.13. The first-order valence-electron chi connectivity index (χ1n) is 10.2. The molecule has 0 aliphatic rings. The summed E-state index contributed by atoms with van der Waals surface area (Å²) < 4.78 is 11.2. The quantitative estimate of drug-likeness (QED) is 0.464. The van der Waals surface area contributed by atoms with E-state index >= 15 is 0 Å². The van der Waals surface area contributed by atoms with Crippen LogP contribution in [-0.4, -0.2) is 37.5 Å². The molecule has 0 fully saturated rings. The van der Waals surface area contributed by atoms with E-state index in [0.29, 0.717) is 11.5 Å². The van der Waals surface area contributed by atoms with Gasteiger partial charge in [-0.05, 0) is 74.9 Å². The van der Waals surface area contributed by atoms with Crippen LogP contribution in [0.1, 0.15) is 33.4 Å². The number of hydrazone groups is 2. The van der Waals surface area contributed by atoms with Crippen molar-refractivity contribution in [1.29, 1.82) is 0 Å². The molecule has 0 unspecified atom stereocenters. The van der Waals surface area contributed by atoms with Gasteiger partial charge in [-0.2, -0.15) is 10.2 Å². The minimum Gasteiger partial charge on any atom is -0.483 e. The third-order valence-corrected chi connectivity index (χ3v) is 5.04. The Hall–Kier alpha value is -3.68.